The Balaban J connectivity index is 2.01. The zero-order chi connectivity index (χ0) is 18.7. The Morgan fingerprint density at radius 1 is 1.15 bits per heavy atom. The van der Waals surface area contributed by atoms with E-state index in [1.807, 2.05) is 24.3 Å². The summed E-state index contributed by atoms with van der Waals surface area (Å²) in [6, 6.07) is 13.6. The lowest BCUT2D eigenvalue weighted by Crippen LogP contribution is -2.34. The number of hydrogen-bond donors (Lipinski definition) is 0. The van der Waals surface area contributed by atoms with E-state index in [0.717, 1.165) is 21.2 Å². The molecule has 0 N–H and O–H groups in total. The molecule has 0 spiro atoms. The van der Waals surface area contributed by atoms with Crippen LogP contribution < -0.4 is 0 Å². The standard InChI is InChI=1S/C21H18BrFO3/c1-2-26-21(25)20-18(14-3-7-16(22)8-4-14)11-15(12-19(20)24)13-5-9-17(23)10-6-13/h3-10,12,18,20H,2,11H2,1H3/t18-,20+/m0/s1. The molecule has 3 nitrogen and oxygen atoms in total. The normalized spacial score (nSPS) is 19.8. The molecule has 2 aromatic rings. The van der Waals surface area contributed by atoms with E-state index in [1.165, 1.54) is 18.2 Å². The van der Waals surface area contributed by atoms with Crippen molar-refractivity contribution in [3.8, 4) is 0 Å². The lowest BCUT2D eigenvalue weighted by atomic mass is 9.73. The number of ether oxygens (including phenoxy) is 1. The van der Waals surface area contributed by atoms with Crippen LogP contribution in [0.4, 0.5) is 4.39 Å². The van der Waals surface area contributed by atoms with E-state index in [9.17, 15) is 14.0 Å². The quantitative estimate of drug-likeness (QED) is 0.525. The van der Waals surface area contributed by atoms with Crippen molar-refractivity contribution in [2.24, 2.45) is 5.92 Å². The van der Waals surface area contributed by atoms with Crippen LogP contribution in [-0.4, -0.2) is 18.4 Å². The number of benzene rings is 2. The van der Waals surface area contributed by atoms with Crippen LogP contribution >= 0.6 is 15.9 Å². The highest BCUT2D eigenvalue weighted by atomic mass is 79.9. The molecule has 0 unspecified atom stereocenters. The molecule has 2 atom stereocenters. The number of carbonyl (C=O) groups excluding carboxylic acids is 2. The highest BCUT2D eigenvalue weighted by Crippen LogP contribution is 2.40. The van der Waals surface area contributed by atoms with Gasteiger partial charge in [0.15, 0.2) is 5.78 Å². The van der Waals surface area contributed by atoms with E-state index < -0.39 is 11.9 Å². The summed E-state index contributed by atoms with van der Waals surface area (Å²) >= 11 is 3.40. The Labute approximate surface area is 160 Å². The van der Waals surface area contributed by atoms with E-state index in [1.54, 1.807) is 19.1 Å². The molecule has 0 fully saturated rings. The summed E-state index contributed by atoms with van der Waals surface area (Å²) in [7, 11) is 0. The average Bonchev–Trinajstić information content (AvgIpc) is 2.62. The fraction of sp³-hybridized carbons (Fsp3) is 0.238. The molecule has 1 aliphatic rings. The summed E-state index contributed by atoms with van der Waals surface area (Å²) in [5.74, 6) is -2.29. The summed E-state index contributed by atoms with van der Waals surface area (Å²) in [6.45, 7) is 1.95. The van der Waals surface area contributed by atoms with Crippen LogP contribution in [0.25, 0.3) is 5.57 Å². The molecular weight excluding hydrogens is 399 g/mol. The predicted molar refractivity (Wildman–Crippen MR) is 101 cm³/mol. The maximum atomic E-state index is 13.2. The van der Waals surface area contributed by atoms with Crippen LogP contribution in [0.3, 0.4) is 0 Å². The minimum Gasteiger partial charge on any atom is -0.465 e. The molecule has 0 bridgehead atoms. The first-order valence-corrected chi connectivity index (χ1v) is 9.21. The van der Waals surface area contributed by atoms with Crippen LogP contribution in [0.15, 0.2) is 59.1 Å². The van der Waals surface area contributed by atoms with Gasteiger partial charge in [0.05, 0.1) is 6.61 Å². The van der Waals surface area contributed by atoms with Crippen molar-refractivity contribution in [3.05, 3.63) is 76.0 Å². The number of halogens is 2. The van der Waals surface area contributed by atoms with Gasteiger partial charge in [-0.2, -0.15) is 0 Å². The van der Waals surface area contributed by atoms with Crippen LogP contribution in [0.1, 0.15) is 30.4 Å². The zero-order valence-electron chi connectivity index (χ0n) is 14.2. The maximum Gasteiger partial charge on any atom is 0.317 e. The second-order valence-corrected chi connectivity index (χ2v) is 7.09. The molecule has 0 aromatic heterocycles. The van der Waals surface area contributed by atoms with Crippen molar-refractivity contribution in [1.29, 1.82) is 0 Å². The molecule has 5 heteroatoms. The Morgan fingerprint density at radius 3 is 2.42 bits per heavy atom. The molecule has 0 heterocycles. The molecule has 26 heavy (non-hydrogen) atoms. The topological polar surface area (TPSA) is 43.4 Å². The van der Waals surface area contributed by atoms with Gasteiger partial charge in [0.25, 0.3) is 0 Å². The van der Waals surface area contributed by atoms with Crippen molar-refractivity contribution < 1.29 is 18.7 Å². The molecule has 0 aliphatic heterocycles. The van der Waals surface area contributed by atoms with Crippen LogP contribution in [-0.2, 0) is 14.3 Å². The van der Waals surface area contributed by atoms with E-state index in [-0.39, 0.29) is 24.1 Å². The SMILES string of the molecule is CCOC(=O)[C@H]1C(=O)C=C(c2ccc(F)cc2)C[C@H]1c1ccc(Br)cc1. The molecule has 3 rings (SSSR count). The van der Waals surface area contributed by atoms with Gasteiger partial charge in [-0.1, -0.05) is 40.2 Å². The highest BCUT2D eigenvalue weighted by molar-refractivity contribution is 9.10. The van der Waals surface area contributed by atoms with Crippen molar-refractivity contribution in [1.82, 2.24) is 0 Å². The zero-order valence-corrected chi connectivity index (χ0v) is 15.8. The van der Waals surface area contributed by atoms with Gasteiger partial charge in [-0.25, -0.2) is 4.39 Å². The third-order valence-corrected chi connectivity index (χ3v) is 5.05. The van der Waals surface area contributed by atoms with Gasteiger partial charge in [0.2, 0.25) is 0 Å². The number of hydrogen-bond acceptors (Lipinski definition) is 3. The molecular formula is C21H18BrFO3. The fourth-order valence-corrected chi connectivity index (χ4v) is 3.54. The minimum absolute atomic E-state index is 0.226. The number of ketones is 1. The Kier molecular flexibility index (Phi) is 5.67. The number of carbonyl (C=O) groups is 2. The van der Waals surface area contributed by atoms with Gasteiger partial charge in [0, 0.05) is 10.4 Å². The molecule has 0 radical (unpaired) electrons. The van der Waals surface area contributed by atoms with Crippen LogP contribution in [0.2, 0.25) is 0 Å². The van der Waals surface area contributed by atoms with Gasteiger partial charge in [0.1, 0.15) is 11.7 Å². The third-order valence-electron chi connectivity index (χ3n) is 4.52. The smallest absolute Gasteiger partial charge is 0.317 e. The Hall–Kier alpha value is -2.27. The molecule has 134 valence electrons. The maximum absolute atomic E-state index is 13.2. The van der Waals surface area contributed by atoms with E-state index in [0.29, 0.717) is 6.42 Å². The van der Waals surface area contributed by atoms with Crippen molar-refractivity contribution >= 4 is 33.3 Å². The Bertz CT molecular complexity index is 841. The van der Waals surface area contributed by atoms with Crippen LogP contribution in [0.5, 0.6) is 0 Å². The molecule has 1 aliphatic carbocycles. The molecule has 0 amide bonds. The minimum atomic E-state index is -0.861. The number of rotatable bonds is 4. The summed E-state index contributed by atoms with van der Waals surface area (Å²) < 4.78 is 19.3. The van der Waals surface area contributed by atoms with Crippen molar-refractivity contribution in [2.75, 3.05) is 6.61 Å². The van der Waals surface area contributed by atoms with Gasteiger partial charge < -0.3 is 4.74 Å². The number of esters is 1. The summed E-state index contributed by atoms with van der Waals surface area (Å²) in [5.41, 5.74) is 2.47. The lowest BCUT2D eigenvalue weighted by molar-refractivity contribution is -0.151. The molecule has 0 saturated heterocycles. The monoisotopic (exact) mass is 416 g/mol. The fourth-order valence-electron chi connectivity index (χ4n) is 3.27. The first kappa shape index (κ1) is 18.5. The summed E-state index contributed by atoms with van der Waals surface area (Å²) in [5, 5.41) is 0. The second kappa shape index (κ2) is 7.96. The third kappa shape index (κ3) is 3.93. The molecule has 0 saturated carbocycles. The lowest BCUT2D eigenvalue weighted by Gasteiger charge is -2.29. The largest absolute Gasteiger partial charge is 0.465 e. The number of allylic oxidation sites excluding steroid dienone is 2. The first-order chi connectivity index (χ1) is 12.5. The van der Waals surface area contributed by atoms with E-state index >= 15 is 0 Å². The van der Waals surface area contributed by atoms with E-state index in [4.69, 9.17) is 4.74 Å². The van der Waals surface area contributed by atoms with Gasteiger partial charge >= 0.3 is 5.97 Å². The highest BCUT2D eigenvalue weighted by Gasteiger charge is 2.39. The second-order valence-electron chi connectivity index (χ2n) is 6.17. The van der Waals surface area contributed by atoms with Gasteiger partial charge in [-0.05, 0) is 60.4 Å². The van der Waals surface area contributed by atoms with Crippen LogP contribution in [0, 0.1) is 11.7 Å². The Morgan fingerprint density at radius 2 is 1.81 bits per heavy atom. The average molecular weight is 417 g/mol. The van der Waals surface area contributed by atoms with Crippen molar-refractivity contribution in [2.45, 2.75) is 19.3 Å². The van der Waals surface area contributed by atoms with Gasteiger partial charge in [-0.3, -0.25) is 9.59 Å². The predicted octanol–water partition coefficient (Wildman–Crippen LogP) is 4.91. The summed E-state index contributed by atoms with van der Waals surface area (Å²) in [6.07, 6.45) is 1.99. The molecule has 2 aromatic carbocycles. The summed E-state index contributed by atoms with van der Waals surface area (Å²) in [4.78, 5) is 25.2. The van der Waals surface area contributed by atoms with Gasteiger partial charge in [-0.15, -0.1) is 0 Å². The van der Waals surface area contributed by atoms with E-state index in [2.05, 4.69) is 15.9 Å². The first-order valence-electron chi connectivity index (χ1n) is 8.42. The van der Waals surface area contributed by atoms with Crippen molar-refractivity contribution in [3.63, 3.8) is 0 Å².